The van der Waals surface area contributed by atoms with Gasteiger partial charge in [0, 0.05) is 5.69 Å². The number of amides is 1. The summed E-state index contributed by atoms with van der Waals surface area (Å²) in [6.07, 6.45) is 0. The maximum atomic E-state index is 11.2. The summed E-state index contributed by atoms with van der Waals surface area (Å²) >= 11 is 0. The number of para-hydroxylation sites is 1. The van der Waals surface area contributed by atoms with Gasteiger partial charge in [-0.25, -0.2) is 4.79 Å². The molecule has 0 bridgehead atoms. The van der Waals surface area contributed by atoms with Crippen LogP contribution in [0.3, 0.4) is 0 Å². The van der Waals surface area contributed by atoms with Crippen molar-refractivity contribution in [3.05, 3.63) is 29.8 Å². The van der Waals surface area contributed by atoms with Gasteiger partial charge in [-0.05, 0) is 11.6 Å². The van der Waals surface area contributed by atoms with Gasteiger partial charge < -0.3 is 10.6 Å². The van der Waals surface area contributed by atoms with E-state index in [-0.39, 0.29) is 0 Å². The topological polar surface area (TPSA) is 81.4 Å². The lowest BCUT2D eigenvalue weighted by molar-refractivity contribution is -0.144. The number of hydrogen-bond donors (Lipinski definition) is 2. The van der Waals surface area contributed by atoms with Crippen molar-refractivity contribution in [3.8, 4) is 0 Å². The first-order valence-corrected chi connectivity index (χ1v) is 4.05. The van der Waals surface area contributed by atoms with Crippen LogP contribution in [-0.4, -0.2) is 11.9 Å². The number of benzene rings is 1. The van der Waals surface area contributed by atoms with Crippen molar-refractivity contribution in [2.75, 3.05) is 5.73 Å². The summed E-state index contributed by atoms with van der Waals surface area (Å²) in [6, 6.07) is 6.71. The number of rotatable bonds is 1. The molecule has 72 valence electrons. The van der Waals surface area contributed by atoms with E-state index in [1.165, 1.54) is 0 Å². The molecule has 0 spiro atoms. The summed E-state index contributed by atoms with van der Waals surface area (Å²) < 4.78 is 0. The molecule has 1 saturated heterocycles. The summed E-state index contributed by atoms with van der Waals surface area (Å²) in [5.41, 5.74) is 8.53. The Kier molecular flexibility index (Phi) is 1.85. The molecule has 0 saturated carbocycles. The fourth-order valence-electron chi connectivity index (χ4n) is 1.37. The molecule has 0 aliphatic carbocycles. The average molecular weight is 192 g/mol. The number of carbonyl (C=O) groups excluding carboxylic acids is 2. The van der Waals surface area contributed by atoms with Crippen LogP contribution in [0.25, 0.3) is 0 Å². The summed E-state index contributed by atoms with van der Waals surface area (Å²) in [6.45, 7) is 0. The lowest BCUT2D eigenvalue weighted by Gasteiger charge is -2.05. The molecule has 1 heterocycles. The van der Waals surface area contributed by atoms with E-state index in [1.807, 2.05) is 5.48 Å². The highest BCUT2D eigenvalue weighted by molar-refractivity contribution is 6.07. The third kappa shape index (κ3) is 1.19. The fraction of sp³-hybridized carbons (Fsp3) is 0.111. The highest BCUT2D eigenvalue weighted by Crippen LogP contribution is 2.25. The van der Waals surface area contributed by atoms with Crippen molar-refractivity contribution in [2.45, 2.75) is 5.92 Å². The monoisotopic (exact) mass is 192 g/mol. The highest BCUT2D eigenvalue weighted by Gasteiger charge is 2.38. The smallest absolute Gasteiger partial charge is 0.349 e. The standard InChI is InChI=1S/C9H8N2O3/c10-6-4-2-1-3-5(6)7-8(12)11-14-9(7)13/h1-4,7H,10H2,(H,11,12). The molecule has 2 rings (SSSR count). The van der Waals surface area contributed by atoms with Gasteiger partial charge >= 0.3 is 5.97 Å². The van der Waals surface area contributed by atoms with Crippen molar-refractivity contribution >= 4 is 17.6 Å². The van der Waals surface area contributed by atoms with Crippen LogP contribution in [0.5, 0.6) is 0 Å². The number of carbonyl (C=O) groups is 2. The van der Waals surface area contributed by atoms with Crippen LogP contribution in [0, 0.1) is 0 Å². The predicted octanol–water partition coefficient (Wildman–Crippen LogP) is -0.0596. The van der Waals surface area contributed by atoms with E-state index in [0.29, 0.717) is 11.3 Å². The lowest BCUT2D eigenvalue weighted by Crippen LogP contribution is -2.18. The predicted molar refractivity (Wildman–Crippen MR) is 47.8 cm³/mol. The molecule has 5 heteroatoms. The quantitative estimate of drug-likeness (QED) is 0.482. The molecule has 0 radical (unpaired) electrons. The Bertz CT molecular complexity index is 387. The Morgan fingerprint density at radius 1 is 1.29 bits per heavy atom. The second-order valence-electron chi connectivity index (χ2n) is 2.95. The lowest BCUT2D eigenvalue weighted by atomic mass is 9.98. The van der Waals surface area contributed by atoms with E-state index in [0.717, 1.165) is 0 Å². The molecule has 1 amide bonds. The summed E-state index contributed by atoms with van der Waals surface area (Å²) in [5, 5.41) is 0. The summed E-state index contributed by atoms with van der Waals surface area (Å²) in [5.74, 6) is -2.03. The van der Waals surface area contributed by atoms with E-state index >= 15 is 0 Å². The number of nitrogens with two attached hydrogens (primary N) is 1. The zero-order valence-electron chi connectivity index (χ0n) is 7.19. The first kappa shape index (κ1) is 8.55. The fourth-order valence-corrected chi connectivity index (χ4v) is 1.37. The molecule has 5 nitrogen and oxygen atoms in total. The zero-order valence-corrected chi connectivity index (χ0v) is 7.19. The van der Waals surface area contributed by atoms with Crippen molar-refractivity contribution in [1.82, 2.24) is 5.48 Å². The van der Waals surface area contributed by atoms with Gasteiger partial charge in [0.15, 0.2) is 5.92 Å². The van der Waals surface area contributed by atoms with E-state index < -0.39 is 17.8 Å². The largest absolute Gasteiger partial charge is 0.398 e. The number of hydroxylamine groups is 1. The minimum Gasteiger partial charge on any atom is -0.398 e. The van der Waals surface area contributed by atoms with Gasteiger partial charge in [-0.1, -0.05) is 18.2 Å². The highest BCUT2D eigenvalue weighted by atomic mass is 16.7. The van der Waals surface area contributed by atoms with Crippen molar-refractivity contribution in [2.24, 2.45) is 0 Å². The molecular weight excluding hydrogens is 184 g/mol. The van der Waals surface area contributed by atoms with E-state index in [2.05, 4.69) is 4.84 Å². The Morgan fingerprint density at radius 3 is 2.57 bits per heavy atom. The zero-order chi connectivity index (χ0) is 10.1. The number of hydrogen-bond acceptors (Lipinski definition) is 4. The van der Waals surface area contributed by atoms with Gasteiger partial charge in [-0.2, -0.15) is 5.48 Å². The third-order valence-corrected chi connectivity index (χ3v) is 2.06. The first-order valence-electron chi connectivity index (χ1n) is 4.05. The molecule has 0 aromatic heterocycles. The van der Waals surface area contributed by atoms with Crippen LogP contribution < -0.4 is 11.2 Å². The second-order valence-corrected chi connectivity index (χ2v) is 2.95. The van der Waals surface area contributed by atoms with Crippen molar-refractivity contribution in [1.29, 1.82) is 0 Å². The molecule has 1 aliphatic rings. The normalized spacial score (nSPS) is 20.4. The van der Waals surface area contributed by atoms with Gasteiger partial charge in [0.05, 0.1) is 0 Å². The second kappa shape index (κ2) is 3.02. The minimum absolute atomic E-state index is 0.409. The van der Waals surface area contributed by atoms with E-state index in [9.17, 15) is 9.59 Å². The van der Waals surface area contributed by atoms with Gasteiger partial charge in [0.25, 0.3) is 5.91 Å². The molecular formula is C9H8N2O3. The minimum atomic E-state index is -0.934. The molecule has 14 heavy (non-hydrogen) atoms. The van der Waals surface area contributed by atoms with Crippen LogP contribution >= 0.6 is 0 Å². The van der Waals surface area contributed by atoms with Gasteiger partial charge in [0.2, 0.25) is 0 Å². The average Bonchev–Trinajstić information content (AvgIpc) is 2.48. The Balaban J connectivity index is 2.44. The van der Waals surface area contributed by atoms with Crippen LogP contribution in [-0.2, 0) is 14.4 Å². The van der Waals surface area contributed by atoms with Gasteiger partial charge in [0.1, 0.15) is 0 Å². The molecule has 1 unspecified atom stereocenters. The maximum absolute atomic E-state index is 11.2. The van der Waals surface area contributed by atoms with Crippen LogP contribution in [0.4, 0.5) is 5.69 Å². The summed E-state index contributed by atoms with van der Waals surface area (Å²) in [4.78, 5) is 26.8. The van der Waals surface area contributed by atoms with Crippen LogP contribution in [0.2, 0.25) is 0 Å². The Hall–Kier alpha value is -2.04. The van der Waals surface area contributed by atoms with Crippen LogP contribution in [0.1, 0.15) is 11.5 Å². The number of anilines is 1. The van der Waals surface area contributed by atoms with Crippen molar-refractivity contribution < 1.29 is 14.4 Å². The molecule has 1 atom stereocenters. The Labute approximate surface area is 79.8 Å². The molecule has 1 aromatic rings. The molecule has 1 aromatic carbocycles. The molecule has 3 N–H and O–H groups in total. The van der Waals surface area contributed by atoms with Crippen LogP contribution in [0.15, 0.2) is 24.3 Å². The molecule has 1 aliphatic heterocycles. The van der Waals surface area contributed by atoms with Gasteiger partial charge in [-0.15, -0.1) is 0 Å². The third-order valence-electron chi connectivity index (χ3n) is 2.06. The Morgan fingerprint density at radius 2 is 2.00 bits per heavy atom. The molecule has 1 fully saturated rings. The maximum Gasteiger partial charge on any atom is 0.349 e. The number of nitrogens with one attached hydrogen (secondary N) is 1. The SMILES string of the molecule is Nc1ccccc1C1C(=O)NOC1=O. The van der Waals surface area contributed by atoms with E-state index in [1.54, 1.807) is 24.3 Å². The summed E-state index contributed by atoms with van der Waals surface area (Å²) in [7, 11) is 0. The number of nitrogen functional groups attached to an aromatic ring is 1. The first-order chi connectivity index (χ1) is 6.70. The van der Waals surface area contributed by atoms with E-state index in [4.69, 9.17) is 5.73 Å². The van der Waals surface area contributed by atoms with Crippen molar-refractivity contribution in [3.63, 3.8) is 0 Å². The van der Waals surface area contributed by atoms with Gasteiger partial charge in [-0.3, -0.25) is 4.79 Å².